The van der Waals surface area contributed by atoms with Gasteiger partial charge in [-0.2, -0.15) is 5.10 Å². The zero-order valence-electron chi connectivity index (χ0n) is 11.7. The Morgan fingerprint density at radius 1 is 1.21 bits per heavy atom. The molecule has 102 valence electrons. The van der Waals surface area contributed by atoms with Crippen LogP contribution in [0, 0.1) is 27.7 Å². The maximum atomic E-state index is 10.5. The molecular weight excluding hydrogens is 260 g/mol. The van der Waals surface area contributed by atoms with Crippen LogP contribution in [0.2, 0.25) is 5.02 Å². The number of benzene rings is 1. The van der Waals surface area contributed by atoms with E-state index >= 15 is 0 Å². The summed E-state index contributed by atoms with van der Waals surface area (Å²) in [5, 5.41) is 15.3. The molecule has 1 unspecified atom stereocenters. The topological polar surface area (TPSA) is 38.0 Å². The molecule has 0 fully saturated rings. The molecule has 1 aromatic carbocycles. The summed E-state index contributed by atoms with van der Waals surface area (Å²) < 4.78 is 1.74. The molecule has 0 spiro atoms. The third-order valence-electron chi connectivity index (χ3n) is 3.46. The minimum atomic E-state index is -0.574. The molecular formula is C15H19ClN2O. The van der Waals surface area contributed by atoms with Gasteiger partial charge in [-0.25, -0.2) is 0 Å². The van der Waals surface area contributed by atoms with Crippen LogP contribution in [0.25, 0.3) is 0 Å². The molecule has 0 aliphatic heterocycles. The summed E-state index contributed by atoms with van der Waals surface area (Å²) in [6, 6.07) is 4.18. The van der Waals surface area contributed by atoms with Crippen molar-refractivity contribution in [1.29, 1.82) is 0 Å². The van der Waals surface area contributed by atoms with Crippen LogP contribution in [-0.2, 0) is 6.54 Å². The molecule has 0 saturated heterocycles. The van der Waals surface area contributed by atoms with Crippen LogP contribution < -0.4 is 0 Å². The summed E-state index contributed by atoms with van der Waals surface area (Å²) >= 11 is 5.98. The second-order valence-electron chi connectivity index (χ2n) is 5.09. The van der Waals surface area contributed by atoms with Gasteiger partial charge in [-0.15, -0.1) is 0 Å². The lowest BCUT2D eigenvalue weighted by atomic mass is 9.95. The predicted molar refractivity (Wildman–Crippen MR) is 77.6 cm³/mol. The van der Waals surface area contributed by atoms with Gasteiger partial charge in [-0.05, 0) is 44.4 Å². The lowest BCUT2D eigenvalue weighted by molar-refractivity contribution is 0.149. The van der Waals surface area contributed by atoms with Crippen molar-refractivity contribution < 1.29 is 5.11 Å². The number of nitrogens with zero attached hydrogens (tertiary/aromatic N) is 2. The van der Waals surface area contributed by atoms with Gasteiger partial charge in [0.25, 0.3) is 0 Å². The molecule has 1 N–H and O–H groups in total. The van der Waals surface area contributed by atoms with E-state index in [1.54, 1.807) is 10.9 Å². The summed E-state index contributed by atoms with van der Waals surface area (Å²) in [4.78, 5) is 0. The minimum absolute atomic E-state index is 0.420. The van der Waals surface area contributed by atoms with E-state index in [1.165, 1.54) is 5.56 Å². The number of aliphatic hydroxyl groups excluding tert-OH is 1. The minimum Gasteiger partial charge on any atom is -0.386 e. The van der Waals surface area contributed by atoms with E-state index in [2.05, 4.69) is 24.2 Å². The first-order valence-corrected chi connectivity index (χ1v) is 6.71. The van der Waals surface area contributed by atoms with Gasteiger partial charge in [0, 0.05) is 0 Å². The smallest absolute Gasteiger partial charge is 0.0991 e. The van der Waals surface area contributed by atoms with Crippen LogP contribution in [0.1, 0.15) is 34.1 Å². The number of hydrogen-bond acceptors (Lipinski definition) is 2. The summed E-state index contributed by atoms with van der Waals surface area (Å²) in [5.41, 5.74) is 5.30. The Balaban J connectivity index is 2.30. The fourth-order valence-corrected chi connectivity index (χ4v) is 2.72. The largest absolute Gasteiger partial charge is 0.386 e. The zero-order chi connectivity index (χ0) is 14.2. The van der Waals surface area contributed by atoms with Crippen molar-refractivity contribution >= 4 is 11.6 Å². The monoisotopic (exact) mass is 278 g/mol. The van der Waals surface area contributed by atoms with Crippen molar-refractivity contribution in [3.8, 4) is 0 Å². The fourth-order valence-electron chi connectivity index (χ4n) is 2.58. The first-order chi connectivity index (χ1) is 8.90. The lowest BCUT2D eigenvalue weighted by Crippen LogP contribution is -2.13. The van der Waals surface area contributed by atoms with Gasteiger partial charge in [0.05, 0.1) is 29.6 Å². The number of aliphatic hydroxyl groups is 1. The van der Waals surface area contributed by atoms with Gasteiger partial charge in [0.15, 0.2) is 0 Å². The first kappa shape index (κ1) is 14.1. The van der Waals surface area contributed by atoms with Gasteiger partial charge in [-0.1, -0.05) is 29.3 Å². The molecule has 4 heteroatoms. The van der Waals surface area contributed by atoms with Crippen molar-refractivity contribution in [2.75, 3.05) is 0 Å². The lowest BCUT2D eigenvalue weighted by Gasteiger charge is -2.18. The Bertz CT molecular complexity index is 581. The van der Waals surface area contributed by atoms with Crippen molar-refractivity contribution in [1.82, 2.24) is 9.78 Å². The Labute approximate surface area is 118 Å². The number of halogens is 1. The van der Waals surface area contributed by atoms with Crippen LogP contribution in [0.15, 0.2) is 18.3 Å². The molecule has 0 aliphatic rings. The second-order valence-corrected chi connectivity index (χ2v) is 5.50. The van der Waals surface area contributed by atoms with Crippen molar-refractivity contribution in [3.63, 3.8) is 0 Å². The van der Waals surface area contributed by atoms with E-state index in [0.717, 1.165) is 22.4 Å². The van der Waals surface area contributed by atoms with Crippen LogP contribution in [0.5, 0.6) is 0 Å². The highest BCUT2D eigenvalue weighted by Crippen LogP contribution is 2.25. The summed E-state index contributed by atoms with van der Waals surface area (Å²) in [5.74, 6) is 0. The van der Waals surface area contributed by atoms with E-state index in [4.69, 9.17) is 11.6 Å². The molecule has 2 rings (SSSR count). The Hall–Kier alpha value is -1.32. The first-order valence-electron chi connectivity index (χ1n) is 6.34. The van der Waals surface area contributed by atoms with Crippen molar-refractivity contribution in [3.05, 3.63) is 51.3 Å². The maximum absolute atomic E-state index is 10.5. The number of hydrogen-bond donors (Lipinski definition) is 1. The summed E-state index contributed by atoms with van der Waals surface area (Å²) in [6.07, 6.45) is 1.04. The molecule has 1 heterocycles. The predicted octanol–water partition coefficient (Wildman–Crippen LogP) is 3.50. The third-order valence-corrected chi connectivity index (χ3v) is 3.83. The van der Waals surface area contributed by atoms with Crippen LogP contribution in [0.3, 0.4) is 0 Å². The van der Waals surface area contributed by atoms with Crippen molar-refractivity contribution in [2.45, 2.75) is 40.3 Å². The van der Waals surface area contributed by atoms with Crippen molar-refractivity contribution in [2.24, 2.45) is 0 Å². The molecule has 0 radical (unpaired) electrons. The molecule has 19 heavy (non-hydrogen) atoms. The van der Waals surface area contributed by atoms with Crippen LogP contribution in [-0.4, -0.2) is 14.9 Å². The SMILES string of the molecule is Cc1cc(C)c(C(O)Cn2ncc(Cl)c2C)c(C)c1. The highest BCUT2D eigenvalue weighted by Gasteiger charge is 2.16. The molecule has 2 aromatic rings. The quantitative estimate of drug-likeness (QED) is 0.933. The Morgan fingerprint density at radius 2 is 1.79 bits per heavy atom. The van der Waals surface area contributed by atoms with Gasteiger partial charge in [0.2, 0.25) is 0 Å². The van der Waals surface area contributed by atoms with E-state index in [9.17, 15) is 5.11 Å². The maximum Gasteiger partial charge on any atom is 0.0991 e. The molecule has 0 aliphatic carbocycles. The fraction of sp³-hybridized carbons (Fsp3) is 0.400. The highest BCUT2D eigenvalue weighted by atomic mass is 35.5. The number of aromatic nitrogens is 2. The molecule has 3 nitrogen and oxygen atoms in total. The van der Waals surface area contributed by atoms with E-state index in [0.29, 0.717) is 11.6 Å². The third kappa shape index (κ3) is 2.82. The van der Waals surface area contributed by atoms with Gasteiger partial charge in [0.1, 0.15) is 0 Å². The zero-order valence-corrected chi connectivity index (χ0v) is 12.5. The average molecular weight is 279 g/mol. The molecule has 1 aromatic heterocycles. The van der Waals surface area contributed by atoms with E-state index < -0.39 is 6.10 Å². The molecule has 1 atom stereocenters. The van der Waals surface area contributed by atoms with Crippen LogP contribution >= 0.6 is 11.6 Å². The van der Waals surface area contributed by atoms with Gasteiger partial charge >= 0.3 is 0 Å². The average Bonchev–Trinajstić information content (AvgIpc) is 2.59. The normalized spacial score (nSPS) is 12.7. The second kappa shape index (κ2) is 5.35. The summed E-state index contributed by atoms with van der Waals surface area (Å²) in [6.45, 7) is 8.44. The van der Waals surface area contributed by atoms with Crippen LogP contribution in [0.4, 0.5) is 0 Å². The Morgan fingerprint density at radius 3 is 2.26 bits per heavy atom. The molecule has 0 bridgehead atoms. The highest BCUT2D eigenvalue weighted by molar-refractivity contribution is 6.31. The number of rotatable bonds is 3. The van der Waals surface area contributed by atoms with E-state index in [1.807, 2.05) is 20.8 Å². The van der Waals surface area contributed by atoms with Gasteiger partial charge in [-0.3, -0.25) is 4.68 Å². The molecule has 0 saturated carbocycles. The Kier molecular flexibility index (Phi) is 3.97. The van der Waals surface area contributed by atoms with E-state index in [-0.39, 0.29) is 0 Å². The van der Waals surface area contributed by atoms with Gasteiger partial charge < -0.3 is 5.11 Å². The standard InChI is InChI=1S/C15H19ClN2O/c1-9-5-10(2)15(11(3)6-9)14(19)8-18-12(4)13(16)7-17-18/h5-7,14,19H,8H2,1-4H3. The number of aryl methyl sites for hydroxylation is 3. The molecule has 0 amide bonds. The summed E-state index contributed by atoms with van der Waals surface area (Å²) in [7, 11) is 0.